The number of benzene rings is 1. The molecule has 0 saturated carbocycles. The van der Waals surface area contributed by atoms with Gasteiger partial charge in [0.2, 0.25) is 10.0 Å². The zero-order valence-corrected chi connectivity index (χ0v) is 15.9. The second-order valence-corrected chi connectivity index (χ2v) is 8.21. The van der Waals surface area contributed by atoms with Crippen LogP contribution in [0, 0.1) is 11.8 Å². The Balaban J connectivity index is 0.00000529. The van der Waals surface area contributed by atoms with E-state index in [2.05, 4.69) is 16.6 Å². The van der Waals surface area contributed by atoms with Gasteiger partial charge in [-0.25, -0.2) is 17.5 Å². The summed E-state index contributed by atoms with van der Waals surface area (Å²) in [5.74, 6) is 5.99. The van der Waals surface area contributed by atoms with Crippen LogP contribution in [0.2, 0.25) is 0 Å². The lowest BCUT2D eigenvalue weighted by Crippen LogP contribution is -2.39. The van der Waals surface area contributed by atoms with Crippen LogP contribution in [0.3, 0.4) is 0 Å². The standard InChI is InChI=1S/C17H25FN2O2S.ClH/c1-14(2)23(21,22)20-13-17(3,18)16-10-8-15(9-11-16)7-5-4-6-12-19;/h8-11,14,20H,4,6,12-13,19H2,1-3H3;1H. The summed E-state index contributed by atoms with van der Waals surface area (Å²) in [6.07, 6.45) is 1.58. The van der Waals surface area contributed by atoms with Crippen molar-refractivity contribution in [2.45, 2.75) is 44.5 Å². The van der Waals surface area contributed by atoms with Crippen molar-refractivity contribution in [1.29, 1.82) is 0 Å². The molecule has 136 valence electrons. The highest BCUT2D eigenvalue weighted by atomic mass is 35.5. The second-order valence-electron chi connectivity index (χ2n) is 5.88. The van der Waals surface area contributed by atoms with Gasteiger partial charge in [-0.2, -0.15) is 0 Å². The van der Waals surface area contributed by atoms with Crippen LogP contribution in [0.25, 0.3) is 0 Å². The highest BCUT2D eigenvalue weighted by Crippen LogP contribution is 2.25. The first-order chi connectivity index (χ1) is 10.7. The van der Waals surface area contributed by atoms with Gasteiger partial charge in [-0.05, 0) is 51.4 Å². The number of alkyl halides is 1. The van der Waals surface area contributed by atoms with Gasteiger partial charge in [0.05, 0.1) is 5.25 Å². The van der Waals surface area contributed by atoms with Gasteiger partial charge in [-0.15, -0.1) is 12.4 Å². The lowest BCUT2D eigenvalue weighted by atomic mass is 9.97. The van der Waals surface area contributed by atoms with E-state index >= 15 is 0 Å². The van der Waals surface area contributed by atoms with Gasteiger partial charge in [0.1, 0.15) is 5.67 Å². The van der Waals surface area contributed by atoms with Gasteiger partial charge in [0.15, 0.2) is 0 Å². The smallest absolute Gasteiger partial charge is 0.214 e. The van der Waals surface area contributed by atoms with E-state index in [1.807, 2.05) is 0 Å². The zero-order valence-electron chi connectivity index (χ0n) is 14.3. The predicted molar refractivity (Wildman–Crippen MR) is 99.4 cm³/mol. The summed E-state index contributed by atoms with van der Waals surface area (Å²) < 4.78 is 40.5. The fourth-order valence-electron chi connectivity index (χ4n) is 1.76. The Morgan fingerprint density at radius 3 is 2.38 bits per heavy atom. The van der Waals surface area contributed by atoms with Crippen LogP contribution in [0.4, 0.5) is 4.39 Å². The largest absolute Gasteiger partial charge is 0.330 e. The normalized spacial score (nSPS) is 13.6. The zero-order chi connectivity index (χ0) is 17.5. The van der Waals surface area contributed by atoms with Gasteiger partial charge >= 0.3 is 0 Å². The van der Waals surface area contributed by atoms with Crippen molar-refractivity contribution in [3.63, 3.8) is 0 Å². The minimum atomic E-state index is -3.49. The van der Waals surface area contributed by atoms with Crippen LogP contribution in [0.15, 0.2) is 24.3 Å². The average Bonchev–Trinajstić information content (AvgIpc) is 2.50. The van der Waals surface area contributed by atoms with Crippen molar-refractivity contribution in [3.05, 3.63) is 35.4 Å². The molecule has 0 radical (unpaired) electrons. The van der Waals surface area contributed by atoms with E-state index < -0.39 is 20.9 Å². The SMILES string of the molecule is CC(C)S(=O)(=O)NCC(C)(F)c1ccc(C#CCCCN)cc1.Cl. The van der Waals surface area contributed by atoms with E-state index in [0.717, 1.165) is 18.4 Å². The van der Waals surface area contributed by atoms with Gasteiger partial charge in [-0.3, -0.25) is 0 Å². The number of hydrogen-bond donors (Lipinski definition) is 2. The Bertz CT molecular complexity index is 662. The van der Waals surface area contributed by atoms with Crippen LogP contribution >= 0.6 is 12.4 Å². The van der Waals surface area contributed by atoms with Crippen LogP contribution in [0.5, 0.6) is 0 Å². The molecule has 0 heterocycles. The molecular weight excluding hydrogens is 351 g/mol. The maximum absolute atomic E-state index is 14.7. The third-order valence-corrected chi connectivity index (χ3v) is 5.24. The Kier molecular flexibility index (Phi) is 9.53. The topological polar surface area (TPSA) is 72.2 Å². The summed E-state index contributed by atoms with van der Waals surface area (Å²) >= 11 is 0. The molecule has 0 aliphatic rings. The summed E-state index contributed by atoms with van der Waals surface area (Å²) in [5, 5.41) is -0.593. The van der Waals surface area contributed by atoms with Crippen molar-refractivity contribution in [2.75, 3.05) is 13.1 Å². The molecular formula is C17H26ClFN2O2S. The lowest BCUT2D eigenvalue weighted by molar-refractivity contribution is 0.196. The fraction of sp³-hybridized carbons (Fsp3) is 0.529. The molecule has 1 aromatic rings. The molecule has 0 aliphatic carbocycles. The first kappa shape index (κ1) is 22.9. The molecule has 1 atom stereocenters. The number of nitrogens with two attached hydrogens (primary N) is 1. The molecule has 4 nitrogen and oxygen atoms in total. The van der Waals surface area contributed by atoms with Crippen molar-refractivity contribution in [2.24, 2.45) is 5.73 Å². The van der Waals surface area contributed by atoms with Crippen molar-refractivity contribution in [3.8, 4) is 11.8 Å². The van der Waals surface area contributed by atoms with Gasteiger partial charge in [0.25, 0.3) is 0 Å². The predicted octanol–water partition coefficient (Wildman–Crippen LogP) is 2.71. The molecule has 0 aliphatic heterocycles. The van der Waals surface area contributed by atoms with E-state index in [1.165, 1.54) is 6.92 Å². The van der Waals surface area contributed by atoms with Gasteiger partial charge in [0, 0.05) is 18.5 Å². The molecule has 0 bridgehead atoms. The van der Waals surface area contributed by atoms with E-state index in [-0.39, 0.29) is 19.0 Å². The van der Waals surface area contributed by atoms with Gasteiger partial charge in [-0.1, -0.05) is 24.0 Å². The monoisotopic (exact) mass is 376 g/mol. The third-order valence-electron chi connectivity index (χ3n) is 3.45. The highest BCUT2D eigenvalue weighted by molar-refractivity contribution is 7.90. The molecule has 3 N–H and O–H groups in total. The lowest BCUT2D eigenvalue weighted by Gasteiger charge is -2.22. The first-order valence-corrected chi connectivity index (χ1v) is 9.20. The van der Waals surface area contributed by atoms with Crippen LogP contribution < -0.4 is 10.5 Å². The molecule has 0 fully saturated rings. The number of hydrogen-bond acceptors (Lipinski definition) is 3. The molecule has 0 saturated heterocycles. The molecule has 0 amide bonds. The number of nitrogens with one attached hydrogen (secondary N) is 1. The van der Waals surface area contributed by atoms with E-state index in [4.69, 9.17) is 5.73 Å². The van der Waals surface area contributed by atoms with E-state index in [0.29, 0.717) is 12.1 Å². The Labute approximate surface area is 150 Å². The molecule has 0 aromatic heterocycles. The average molecular weight is 377 g/mol. The first-order valence-electron chi connectivity index (χ1n) is 7.66. The van der Waals surface area contributed by atoms with Crippen molar-refractivity contribution >= 4 is 22.4 Å². The summed E-state index contributed by atoms with van der Waals surface area (Å²) in [7, 11) is -3.49. The number of unbranched alkanes of at least 4 members (excludes halogenated alkanes) is 1. The summed E-state index contributed by atoms with van der Waals surface area (Å²) in [5.41, 5.74) is 4.82. The van der Waals surface area contributed by atoms with E-state index in [1.54, 1.807) is 38.1 Å². The minimum Gasteiger partial charge on any atom is -0.330 e. The molecule has 1 aromatic carbocycles. The quantitative estimate of drug-likeness (QED) is 0.567. The molecule has 1 unspecified atom stereocenters. The fourth-order valence-corrected chi connectivity index (χ4v) is 2.57. The molecule has 7 heteroatoms. The highest BCUT2D eigenvalue weighted by Gasteiger charge is 2.28. The minimum absolute atomic E-state index is 0. The Morgan fingerprint density at radius 1 is 1.29 bits per heavy atom. The van der Waals surface area contributed by atoms with Gasteiger partial charge < -0.3 is 5.73 Å². The van der Waals surface area contributed by atoms with Crippen LogP contribution in [-0.4, -0.2) is 26.8 Å². The summed E-state index contributed by atoms with van der Waals surface area (Å²) in [6.45, 7) is 4.78. The number of rotatable bonds is 7. The maximum Gasteiger partial charge on any atom is 0.214 e. The van der Waals surface area contributed by atoms with Crippen molar-refractivity contribution < 1.29 is 12.8 Å². The van der Waals surface area contributed by atoms with Crippen LogP contribution in [-0.2, 0) is 15.7 Å². The Hall–Kier alpha value is -1.13. The summed E-state index contributed by atoms with van der Waals surface area (Å²) in [6, 6.07) is 6.74. The summed E-state index contributed by atoms with van der Waals surface area (Å²) in [4.78, 5) is 0. The van der Waals surface area contributed by atoms with E-state index in [9.17, 15) is 12.8 Å². The number of halogens is 2. The van der Waals surface area contributed by atoms with Crippen molar-refractivity contribution in [1.82, 2.24) is 4.72 Å². The Morgan fingerprint density at radius 2 is 1.88 bits per heavy atom. The maximum atomic E-state index is 14.7. The molecule has 0 spiro atoms. The second kappa shape index (κ2) is 10.00. The molecule has 24 heavy (non-hydrogen) atoms. The third kappa shape index (κ3) is 7.18. The number of sulfonamides is 1. The molecule has 1 rings (SSSR count). The van der Waals surface area contributed by atoms with Crippen LogP contribution in [0.1, 0.15) is 44.7 Å².